The Morgan fingerprint density at radius 1 is 1.20 bits per heavy atom. The van der Waals surface area contributed by atoms with Crippen molar-refractivity contribution in [3.63, 3.8) is 0 Å². The summed E-state index contributed by atoms with van der Waals surface area (Å²) in [5.41, 5.74) is 5.79. The first-order chi connectivity index (χ1) is 9.70. The van der Waals surface area contributed by atoms with Gasteiger partial charge in [-0.25, -0.2) is 0 Å². The number of hydrogen-bond acceptors (Lipinski definition) is 5. The van der Waals surface area contributed by atoms with Crippen molar-refractivity contribution in [2.24, 2.45) is 5.73 Å². The molecule has 0 bridgehead atoms. The van der Waals surface area contributed by atoms with Gasteiger partial charge in [-0.1, -0.05) is 46.7 Å². The molecule has 0 aromatic heterocycles. The van der Waals surface area contributed by atoms with Gasteiger partial charge in [-0.3, -0.25) is 0 Å². The predicted molar refractivity (Wildman–Crippen MR) is 90.4 cm³/mol. The van der Waals surface area contributed by atoms with E-state index in [9.17, 15) is 5.11 Å². The highest BCUT2D eigenvalue weighted by atomic mass is 32.7. The molecular weight excluding hydrogens is 292 g/mol. The number of nitrogens with two attached hydrogens (primary N) is 1. The first kappa shape index (κ1) is 20.7. The van der Waals surface area contributed by atoms with Gasteiger partial charge in [0.15, 0.2) is 0 Å². The van der Waals surface area contributed by atoms with E-state index in [0.29, 0.717) is 26.2 Å². The maximum absolute atomic E-state index is 9.79. The zero-order chi connectivity index (χ0) is 15.1. The van der Waals surface area contributed by atoms with Crippen LogP contribution in [-0.4, -0.2) is 44.6 Å². The summed E-state index contributed by atoms with van der Waals surface area (Å²) in [7, 11) is 5.52. The van der Waals surface area contributed by atoms with Gasteiger partial charge in [0.25, 0.3) is 0 Å². The van der Waals surface area contributed by atoms with Crippen molar-refractivity contribution in [1.29, 1.82) is 0 Å². The fraction of sp³-hybridized carbons (Fsp3) is 1.00. The molecule has 4 nitrogen and oxygen atoms in total. The molecule has 0 rings (SSSR count). The summed E-state index contributed by atoms with van der Waals surface area (Å²) in [5, 5.41) is 9.79. The lowest BCUT2D eigenvalue weighted by Crippen LogP contribution is -2.31. The molecule has 0 aromatic rings. The monoisotopic (exact) mass is 321 g/mol. The highest BCUT2D eigenvalue weighted by Crippen LogP contribution is 2.24. The number of rotatable bonds is 15. The molecule has 0 aliphatic rings. The second kappa shape index (κ2) is 16.1. The Kier molecular flexibility index (Phi) is 16.6. The maximum atomic E-state index is 9.79. The molecule has 0 saturated carbocycles. The predicted octanol–water partition coefficient (Wildman–Crippen LogP) is 2.78. The van der Waals surface area contributed by atoms with E-state index in [0.717, 1.165) is 12.8 Å². The summed E-state index contributed by atoms with van der Waals surface area (Å²) in [5.74, 6) is 0. The number of aliphatic hydroxyl groups excluding tert-OH is 1. The van der Waals surface area contributed by atoms with Crippen molar-refractivity contribution in [3.05, 3.63) is 0 Å². The van der Waals surface area contributed by atoms with Gasteiger partial charge in [-0.05, 0) is 12.8 Å². The van der Waals surface area contributed by atoms with Gasteiger partial charge in [0.1, 0.15) is 7.57 Å². The minimum absolute atomic E-state index is 0.134. The molecule has 0 aliphatic carbocycles. The molecule has 0 amide bonds. The molecule has 0 heterocycles. The second-order valence-electron chi connectivity index (χ2n) is 4.97. The van der Waals surface area contributed by atoms with Crippen molar-refractivity contribution >= 4 is 26.9 Å². The smallest absolute Gasteiger partial charge is 0.122 e. The first-order valence-corrected chi connectivity index (χ1v) is 10.0. The summed E-state index contributed by atoms with van der Waals surface area (Å²) >= 11 is 1.23. The van der Waals surface area contributed by atoms with Crippen LogP contribution >= 0.6 is 19.3 Å². The molecule has 0 aliphatic heterocycles. The van der Waals surface area contributed by atoms with Gasteiger partial charge in [0.05, 0.1) is 25.4 Å². The van der Waals surface area contributed by atoms with Gasteiger partial charge >= 0.3 is 0 Å². The molecule has 0 saturated heterocycles. The highest BCUT2D eigenvalue weighted by molar-refractivity contribution is 8.53. The van der Waals surface area contributed by atoms with Crippen LogP contribution in [0.3, 0.4) is 0 Å². The summed E-state index contributed by atoms with van der Waals surface area (Å²) in [6.45, 7) is 3.65. The summed E-state index contributed by atoms with van der Waals surface area (Å²) < 4.78 is 10.6. The van der Waals surface area contributed by atoms with Crippen LogP contribution in [0.25, 0.3) is 0 Å². The third-order valence-electron chi connectivity index (χ3n) is 2.96. The Bertz CT molecular complexity index is 206. The fourth-order valence-electron chi connectivity index (χ4n) is 1.79. The van der Waals surface area contributed by atoms with Crippen molar-refractivity contribution in [2.45, 2.75) is 64.0 Å². The lowest BCUT2D eigenvalue weighted by atomic mass is 10.1. The average molecular weight is 321 g/mol. The summed E-state index contributed by atoms with van der Waals surface area (Å²) in [4.78, 5) is 0. The average Bonchev–Trinajstić information content (AvgIpc) is 2.44. The first-order valence-electron chi connectivity index (χ1n) is 7.46. The van der Waals surface area contributed by atoms with E-state index >= 15 is 0 Å². The van der Waals surface area contributed by atoms with Crippen molar-refractivity contribution in [3.8, 4) is 0 Å². The normalized spacial score (nSPS) is 14.9. The molecule has 118 valence electrons. The quantitative estimate of drug-likeness (QED) is 0.210. The molecule has 3 unspecified atom stereocenters. The Hall–Kier alpha value is 0.685. The number of unbranched alkanes of at least 4 members (excludes halogenated alkanes) is 4. The third-order valence-corrected chi connectivity index (χ3v) is 3.95. The molecule has 0 spiro atoms. The molecule has 20 heavy (non-hydrogen) atoms. The molecule has 7 heteroatoms. The fourth-order valence-corrected chi connectivity index (χ4v) is 2.50. The Balaban J connectivity index is 3.27. The molecule has 3 atom stereocenters. The van der Waals surface area contributed by atoms with Gasteiger partial charge in [0, 0.05) is 18.3 Å². The molecular formula is C13H29BNO3PS. The minimum atomic E-state index is -0.252. The van der Waals surface area contributed by atoms with Crippen LogP contribution in [0.2, 0.25) is 0 Å². The highest BCUT2D eigenvalue weighted by Gasteiger charge is 2.06. The molecule has 0 aromatic carbocycles. The Morgan fingerprint density at radius 3 is 2.65 bits per heavy atom. The molecule has 0 fully saturated rings. The zero-order valence-corrected chi connectivity index (χ0v) is 14.4. The van der Waals surface area contributed by atoms with Crippen LogP contribution < -0.4 is 5.73 Å². The Morgan fingerprint density at radius 2 is 1.95 bits per heavy atom. The zero-order valence-electron chi connectivity index (χ0n) is 12.6. The SMILES string of the molecule is [B]PSOCC(N)COCCC(O)CCCCCCC. The van der Waals surface area contributed by atoms with E-state index in [1.165, 1.54) is 37.3 Å². The minimum Gasteiger partial charge on any atom is -0.393 e. The van der Waals surface area contributed by atoms with Crippen LogP contribution in [0.4, 0.5) is 0 Å². The number of hydrogen-bond donors (Lipinski definition) is 2. The topological polar surface area (TPSA) is 64.7 Å². The van der Waals surface area contributed by atoms with Gasteiger partial charge in [0.2, 0.25) is 0 Å². The van der Waals surface area contributed by atoms with Crippen LogP contribution in [0.5, 0.6) is 0 Å². The van der Waals surface area contributed by atoms with Crippen molar-refractivity contribution < 1.29 is 14.0 Å². The van der Waals surface area contributed by atoms with Crippen molar-refractivity contribution in [1.82, 2.24) is 0 Å². The van der Waals surface area contributed by atoms with E-state index in [-0.39, 0.29) is 19.8 Å². The number of aliphatic hydroxyl groups is 1. The molecule has 3 N–H and O–H groups in total. The Labute approximate surface area is 131 Å². The van der Waals surface area contributed by atoms with Crippen LogP contribution in [0.15, 0.2) is 0 Å². The van der Waals surface area contributed by atoms with E-state index < -0.39 is 0 Å². The standard InChI is InChI=1S/C13H29BNO3PS/c1-2-3-4-5-6-7-13(16)8-9-17-10-12(15)11-18-20-19-14/h12-13,16,19H,2-11,15H2,1H3. The van der Waals surface area contributed by atoms with Gasteiger partial charge in [-0.15, -0.1) is 0 Å². The van der Waals surface area contributed by atoms with E-state index in [1.54, 1.807) is 0 Å². The van der Waals surface area contributed by atoms with E-state index in [1.807, 2.05) is 0 Å². The summed E-state index contributed by atoms with van der Waals surface area (Å²) in [6, 6.07) is -0.134. The maximum Gasteiger partial charge on any atom is 0.122 e. The largest absolute Gasteiger partial charge is 0.393 e. The number of ether oxygens (including phenoxy) is 1. The van der Waals surface area contributed by atoms with E-state index in [4.69, 9.17) is 22.2 Å². The summed E-state index contributed by atoms with van der Waals surface area (Å²) in [6.07, 6.45) is 7.44. The lowest BCUT2D eigenvalue weighted by molar-refractivity contribution is 0.0655. The van der Waals surface area contributed by atoms with Gasteiger partial charge in [-0.2, -0.15) is 0 Å². The second-order valence-corrected chi connectivity index (χ2v) is 6.81. The lowest BCUT2D eigenvalue weighted by Gasteiger charge is -2.13. The van der Waals surface area contributed by atoms with Crippen LogP contribution in [0.1, 0.15) is 51.9 Å². The van der Waals surface area contributed by atoms with Crippen molar-refractivity contribution in [2.75, 3.05) is 19.8 Å². The molecule has 2 radical (unpaired) electrons. The third kappa shape index (κ3) is 15.1. The van der Waals surface area contributed by atoms with Crippen LogP contribution in [-0.2, 0) is 8.92 Å². The van der Waals surface area contributed by atoms with Crippen LogP contribution in [0, 0.1) is 0 Å². The van der Waals surface area contributed by atoms with E-state index in [2.05, 4.69) is 6.92 Å². The van der Waals surface area contributed by atoms with Gasteiger partial charge < -0.3 is 19.8 Å².